The predicted octanol–water partition coefficient (Wildman–Crippen LogP) is 5.08. The maximum absolute atomic E-state index is 9.34. The highest BCUT2D eigenvalue weighted by molar-refractivity contribution is 5.61. The van der Waals surface area contributed by atoms with Crippen LogP contribution in [-0.2, 0) is 5.41 Å². The number of benzene rings is 2. The quantitative estimate of drug-likeness (QED) is 0.448. The van der Waals surface area contributed by atoms with Crippen molar-refractivity contribution in [3.8, 4) is 28.6 Å². The van der Waals surface area contributed by atoms with E-state index in [-0.39, 0.29) is 5.41 Å². The monoisotopic (exact) mass is 391 g/mol. The molecule has 0 unspecified atom stereocenters. The highest BCUT2D eigenvalue weighted by Crippen LogP contribution is 2.26. The molecule has 4 rings (SSSR count). The smallest absolute Gasteiger partial charge is 0.192 e. The van der Waals surface area contributed by atoms with Gasteiger partial charge in [0, 0.05) is 42.0 Å². The highest BCUT2D eigenvalue weighted by atomic mass is 14.9. The third-order valence-electron chi connectivity index (χ3n) is 5.29. The summed E-state index contributed by atoms with van der Waals surface area (Å²) in [6.07, 6.45) is 8.24. The van der Waals surface area contributed by atoms with E-state index >= 15 is 0 Å². The van der Waals surface area contributed by atoms with Crippen LogP contribution in [0.5, 0.6) is 0 Å². The number of aromatic nitrogens is 2. The zero-order valence-electron chi connectivity index (χ0n) is 17.6. The van der Waals surface area contributed by atoms with Gasteiger partial charge in [0.1, 0.15) is 11.6 Å². The van der Waals surface area contributed by atoms with Crippen LogP contribution in [0.2, 0.25) is 0 Å². The Balaban J connectivity index is 1.64. The second kappa shape index (κ2) is 7.93. The second-order valence-electron chi connectivity index (χ2n) is 8.38. The van der Waals surface area contributed by atoms with Crippen LogP contribution >= 0.6 is 0 Å². The van der Waals surface area contributed by atoms with Gasteiger partial charge in [-0.2, -0.15) is 14.4 Å². The fourth-order valence-corrected chi connectivity index (χ4v) is 3.69. The van der Waals surface area contributed by atoms with Gasteiger partial charge in [0.15, 0.2) is 24.8 Å². The summed E-state index contributed by atoms with van der Waals surface area (Å²) in [6, 6.07) is 26.9. The van der Waals surface area contributed by atoms with Crippen molar-refractivity contribution in [2.45, 2.75) is 26.2 Å². The van der Waals surface area contributed by atoms with E-state index in [1.165, 1.54) is 11.3 Å². The number of pyridine rings is 2. The molecule has 3 heteroatoms. The summed E-state index contributed by atoms with van der Waals surface area (Å²) in [5.74, 6) is 0. The van der Waals surface area contributed by atoms with Crippen LogP contribution in [0, 0.1) is 11.3 Å². The fraction of sp³-hybridized carbons (Fsp3) is 0.148. The number of para-hydroxylation sites is 2. The van der Waals surface area contributed by atoms with Gasteiger partial charge in [-0.05, 0) is 22.6 Å². The molecule has 2 aromatic carbocycles. The number of hydrogen-bond donors (Lipinski definition) is 0. The summed E-state index contributed by atoms with van der Waals surface area (Å²) >= 11 is 0. The first-order chi connectivity index (χ1) is 14.5. The minimum atomic E-state index is 0.0784. The maximum atomic E-state index is 9.34. The lowest BCUT2D eigenvalue weighted by atomic mass is 9.85. The Morgan fingerprint density at radius 3 is 1.63 bits per heavy atom. The Hall–Kier alpha value is -3.77. The van der Waals surface area contributed by atoms with Crippen LogP contribution in [0.25, 0.3) is 22.5 Å². The first-order valence-corrected chi connectivity index (χ1v) is 10.1. The SMILES string of the molecule is CC(C)(C)c1ccccc1-[n+]1ccc(-c2cc[n+](-c3ccccc3C#N)cc2)cc1. The topological polar surface area (TPSA) is 31.5 Å². The Kier molecular flexibility index (Phi) is 5.16. The van der Waals surface area contributed by atoms with Gasteiger partial charge in [-0.1, -0.05) is 51.1 Å². The van der Waals surface area contributed by atoms with E-state index in [1.807, 2.05) is 41.2 Å². The molecule has 4 aromatic rings. The molecule has 0 atom stereocenters. The van der Waals surface area contributed by atoms with E-state index in [2.05, 4.69) is 92.3 Å². The van der Waals surface area contributed by atoms with E-state index < -0.39 is 0 Å². The average molecular weight is 392 g/mol. The van der Waals surface area contributed by atoms with Gasteiger partial charge >= 0.3 is 0 Å². The lowest BCUT2D eigenvalue weighted by molar-refractivity contribution is -0.596. The zero-order valence-corrected chi connectivity index (χ0v) is 17.6. The van der Waals surface area contributed by atoms with Crippen molar-refractivity contribution in [2.24, 2.45) is 0 Å². The van der Waals surface area contributed by atoms with Gasteiger partial charge in [-0.25, -0.2) is 0 Å². The highest BCUT2D eigenvalue weighted by Gasteiger charge is 2.22. The fourth-order valence-electron chi connectivity index (χ4n) is 3.69. The molecule has 146 valence electrons. The van der Waals surface area contributed by atoms with Crippen molar-refractivity contribution in [1.29, 1.82) is 5.26 Å². The Morgan fingerprint density at radius 2 is 1.10 bits per heavy atom. The number of nitriles is 1. The third-order valence-corrected chi connectivity index (χ3v) is 5.29. The summed E-state index contributed by atoms with van der Waals surface area (Å²) in [4.78, 5) is 0. The lowest BCUT2D eigenvalue weighted by Gasteiger charge is -2.19. The summed E-state index contributed by atoms with van der Waals surface area (Å²) in [5.41, 5.74) is 6.44. The van der Waals surface area contributed by atoms with E-state index in [4.69, 9.17) is 0 Å². The van der Waals surface area contributed by atoms with Crippen LogP contribution in [0.3, 0.4) is 0 Å². The molecule has 0 bridgehead atoms. The predicted molar refractivity (Wildman–Crippen MR) is 118 cm³/mol. The number of rotatable bonds is 3. The summed E-state index contributed by atoms with van der Waals surface area (Å²) in [5, 5.41) is 9.34. The van der Waals surface area contributed by atoms with Crippen LogP contribution in [-0.4, -0.2) is 0 Å². The molecule has 2 aromatic heterocycles. The molecule has 0 spiro atoms. The molecular weight excluding hydrogens is 366 g/mol. The minimum Gasteiger partial charge on any atom is -0.192 e. The lowest BCUT2D eigenvalue weighted by Crippen LogP contribution is -2.33. The minimum absolute atomic E-state index is 0.0784. The Morgan fingerprint density at radius 1 is 0.633 bits per heavy atom. The summed E-state index contributed by atoms with van der Waals surface area (Å²) in [6.45, 7) is 6.72. The van der Waals surface area contributed by atoms with Crippen LogP contribution < -0.4 is 9.13 Å². The van der Waals surface area contributed by atoms with Gasteiger partial charge in [-0.15, -0.1) is 0 Å². The zero-order chi connectivity index (χ0) is 21.1. The first-order valence-electron chi connectivity index (χ1n) is 10.1. The van der Waals surface area contributed by atoms with Crippen molar-refractivity contribution in [1.82, 2.24) is 0 Å². The molecule has 2 heterocycles. The van der Waals surface area contributed by atoms with Crippen molar-refractivity contribution in [3.63, 3.8) is 0 Å². The number of nitrogens with zero attached hydrogens (tertiary/aromatic N) is 3. The number of hydrogen-bond acceptors (Lipinski definition) is 1. The standard InChI is InChI=1S/C27H25N3/c1-27(2,3)24-9-5-7-11-26(24)30-18-14-22(15-19-30)21-12-16-29(17-13-21)25-10-6-4-8-23(25)20-28/h4-19H,1-3H3/q+2. The molecule has 0 saturated heterocycles. The molecule has 0 fully saturated rings. The van der Waals surface area contributed by atoms with Crippen LogP contribution in [0.4, 0.5) is 0 Å². The van der Waals surface area contributed by atoms with E-state index in [1.54, 1.807) is 0 Å². The Bertz CT molecular complexity index is 1210. The maximum Gasteiger partial charge on any atom is 0.228 e. The van der Waals surface area contributed by atoms with Gasteiger partial charge in [0.05, 0.1) is 0 Å². The average Bonchev–Trinajstić information content (AvgIpc) is 2.79. The molecule has 0 aliphatic carbocycles. The van der Waals surface area contributed by atoms with Gasteiger partial charge in [0.2, 0.25) is 11.4 Å². The molecule has 0 aliphatic heterocycles. The molecule has 30 heavy (non-hydrogen) atoms. The molecule has 0 aliphatic rings. The molecule has 3 nitrogen and oxygen atoms in total. The Labute approximate surface area is 178 Å². The van der Waals surface area contributed by atoms with Crippen molar-refractivity contribution < 1.29 is 9.13 Å². The van der Waals surface area contributed by atoms with Crippen LogP contribution in [0.15, 0.2) is 97.6 Å². The van der Waals surface area contributed by atoms with Crippen molar-refractivity contribution in [3.05, 3.63) is 109 Å². The van der Waals surface area contributed by atoms with Gasteiger partial charge in [0.25, 0.3) is 0 Å². The van der Waals surface area contributed by atoms with Crippen LogP contribution in [0.1, 0.15) is 31.9 Å². The normalized spacial score (nSPS) is 11.1. The van der Waals surface area contributed by atoms with Crippen molar-refractivity contribution >= 4 is 0 Å². The molecule has 0 saturated carbocycles. The third kappa shape index (κ3) is 3.86. The summed E-state index contributed by atoms with van der Waals surface area (Å²) in [7, 11) is 0. The van der Waals surface area contributed by atoms with E-state index in [0.717, 1.165) is 16.8 Å². The molecule has 0 amide bonds. The molecule has 0 N–H and O–H groups in total. The molecule has 0 radical (unpaired) electrons. The summed E-state index contributed by atoms with van der Waals surface area (Å²) < 4.78 is 4.15. The largest absolute Gasteiger partial charge is 0.228 e. The van der Waals surface area contributed by atoms with Gasteiger partial charge < -0.3 is 0 Å². The van der Waals surface area contributed by atoms with Crippen molar-refractivity contribution in [2.75, 3.05) is 0 Å². The van der Waals surface area contributed by atoms with E-state index in [9.17, 15) is 5.26 Å². The van der Waals surface area contributed by atoms with Gasteiger partial charge in [-0.3, -0.25) is 0 Å². The first kappa shape index (κ1) is 19.5. The second-order valence-corrected chi connectivity index (χ2v) is 8.38. The molecular formula is C27H25N3+2. The van der Waals surface area contributed by atoms with E-state index in [0.29, 0.717) is 5.56 Å².